The molecule has 1 N–H and O–H groups in total. The van der Waals surface area contributed by atoms with Gasteiger partial charge in [-0.25, -0.2) is 0 Å². The lowest BCUT2D eigenvalue weighted by Gasteiger charge is -2.15. The molecule has 2 aromatic carbocycles. The van der Waals surface area contributed by atoms with E-state index in [2.05, 4.69) is 30.3 Å². The van der Waals surface area contributed by atoms with Crippen molar-refractivity contribution in [3.05, 3.63) is 42.5 Å². The van der Waals surface area contributed by atoms with Gasteiger partial charge >= 0.3 is 5.97 Å². The highest BCUT2D eigenvalue weighted by Crippen LogP contribution is 2.39. The lowest BCUT2D eigenvalue weighted by Crippen LogP contribution is -2.19. The second kappa shape index (κ2) is 5.25. The van der Waals surface area contributed by atoms with Crippen LogP contribution >= 0.6 is 11.8 Å². The topological polar surface area (TPSA) is 37.3 Å². The van der Waals surface area contributed by atoms with Crippen LogP contribution in [0.25, 0.3) is 10.8 Å². The number of fused-ring (bicyclic) bond motifs is 1. The first-order chi connectivity index (χ1) is 9.24. The first kappa shape index (κ1) is 12.5. The number of carboxylic acids is 1. The third kappa shape index (κ3) is 2.61. The average Bonchev–Trinajstić information content (AvgIpc) is 2.87. The van der Waals surface area contributed by atoms with Crippen LogP contribution in [-0.4, -0.2) is 16.3 Å². The third-order valence-corrected chi connectivity index (χ3v) is 5.17. The van der Waals surface area contributed by atoms with E-state index in [0.29, 0.717) is 0 Å². The molecule has 2 unspecified atom stereocenters. The van der Waals surface area contributed by atoms with Crippen LogP contribution in [-0.2, 0) is 4.79 Å². The standard InChI is InChI=1S/C16H16O2S/c17-16(18)14-6-3-7-15(14)19-13-9-8-11-4-1-2-5-12(11)10-13/h1-2,4-5,8-10,14-15H,3,6-7H2,(H,17,18). The van der Waals surface area contributed by atoms with Gasteiger partial charge in [0.05, 0.1) is 5.92 Å². The van der Waals surface area contributed by atoms with Crippen molar-refractivity contribution in [2.45, 2.75) is 29.4 Å². The highest BCUT2D eigenvalue weighted by atomic mass is 32.2. The molecule has 2 aromatic rings. The maximum Gasteiger partial charge on any atom is 0.307 e. The van der Waals surface area contributed by atoms with Crippen LogP contribution in [0.15, 0.2) is 47.4 Å². The van der Waals surface area contributed by atoms with Crippen LogP contribution in [0.4, 0.5) is 0 Å². The molecule has 0 spiro atoms. The Bertz CT molecular complexity index is 608. The molecule has 0 aromatic heterocycles. The molecule has 0 saturated heterocycles. The van der Waals surface area contributed by atoms with Crippen LogP contribution < -0.4 is 0 Å². The lowest BCUT2D eigenvalue weighted by atomic mass is 10.1. The van der Waals surface area contributed by atoms with Crippen molar-refractivity contribution in [2.75, 3.05) is 0 Å². The van der Waals surface area contributed by atoms with E-state index in [1.165, 1.54) is 15.7 Å². The molecule has 3 heteroatoms. The summed E-state index contributed by atoms with van der Waals surface area (Å²) in [6.07, 6.45) is 2.86. The van der Waals surface area contributed by atoms with E-state index in [1.807, 2.05) is 12.1 Å². The van der Waals surface area contributed by atoms with E-state index in [9.17, 15) is 9.90 Å². The predicted molar refractivity (Wildman–Crippen MR) is 78.6 cm³/mol. The Morgan fingerprint density at radius 3 is 2.68 bits per heavy atom. The summed E-state index contributed by atoms with van der Waals surface area (Å²) in [5.41, 5.74) is 0. The van der Waals surface area contributed by atoms with Gasteiger partial charge in [0, 0.05) is 10.1 Å². The summed E-state index contributed by atoms with van der Waals surface area (Å²) in [4.78, 5) is 12.4. The Kier molecular flexibility index (Phi) is 3.47. The average molecular weight is 272 g/mol. The molecule has 0 bridgehead atoms. The maximum absolute atomic E-state index is 11.2. The van der Waals surface area contributed by atoms with E-state index in [-0.39, 0.29) is 11.2 Å². The maximum atomic E-state index is 11.2. The van der Waals surface area contributed by atoms with Crippen LogP contribution in [0, 0.1) is 5.92 Å². The van der Waals surface area contributed by atoms with Crippen LogP contribution in [0.1, 0.15) is 19.3 Å². The summed E-state index contributed by atoms with van der Waals surface area (Å²) in [6.45, 7) is 0. The second-order valence-electron chi connectivity index (χ2n) is 5.04. The molecule has 0 radical (unpaired) electrons. The Labute approximate surface area is 116 Å². The molecule has 0 heterocycles. The van der Waals surface area contributed by atoms with Gasteiger partial charge in [0.1, 0.15) is 0 Å². The second-order valence-corrected chi connectivity index (χ2v) is 6.35. The summed E-state index contributed by atoms with van der Waals surface area (Å²) in [5, 5.41) is 11.9. The molecular formula is C16H16O2S. The fourth-order valence-corrected chi connectivity index (χ4v) is 4.16. The van der Waals surface area contributed by atoms with E-state index < -0.39 is 5.97 Å². The van der Waals surface area contributed by atoms with Gasteiger partial charge in [-0.05, 0) is 35.7 Å². The van der Waals surface area contributed by atoms with E-state index in [4.69, 9.17) is 0 Å². The zero-order valence-electron chi connectivity index (χ0n) is 10.6. The minimum absolute atomic E-state index is 0.184. The normalized spacial score (nSPS) is 22.7. The number of hydrogen-bond donors (Lipinski definition) is 1. The van der Waals surface area contributed by atoms with E-state index >= 15 is 0 Å². The molecule has 2 atom stereocenters. The fourth-order valence-electron chi connectivity index (χ4n) is 2.77. The molecule has 0 amide bonds. The van der Waals surface area contributed by atoms with Gasteiger partial charge in [0.2, 0.25) is 0 Å². The van der Waals surface area contributed by atoms with Crippen LogP contribution in [0.2, 0.25) is 0 Å². The SMILES string of the molecule is O=C(O)C1CCCC1Sc1ccc2ccccc2c1. The molecule has 19 heavy (non-hydrogen) atoms. The number of hydrogen-bond acceptors (Lipinski definition) is 2. The summed E-state index contributed by atoms with van der Waals surface area (Å²) >= 11 is 1.72. The molecule has 1 aliphatic rings. The van der Waals surface area contributed by atoms with Crippen molar-refractivity contribution in [1.82, 2.24) is 0 Å². The van der Waals surface area contributed by atoms with Crippen molar-refractivity contribution < 1.29 is 9.90 Å². The number of carboxylic acid groups (broad SMARTS) is 1. The lowest BCUT2D eigenvalue weighted by molar-refractivity contribution is -0.141. The summed E-state index contributed by atoms with van der Waals surface area (Å²) in [6, 6.07) is 14.6. The van der Waals surface area contributed by atoms with Gasteiger partial charge < -0.3 is 5.11 Å². The number of thioether (sulfide) groups is 1. The molecule has 98 valence electrons. The third-order valence-electron chi connectivity index (χ3n) is 3.78. The summed E-state index contributed by atoms with van der Waals surface area (Å²) < 4.78 is 0. The van der Waals surface area contributed by atoms with Crippen molar-refractivity contribution in [1.29, 1.82) is 0 Å². The van der Waals surface area contributed by atoms with E-state index in [0.717, 1.165) is 19.3 Å². The van der Waals surface area contributed by atoms with Crippen molar-refractivity contribution >= 4 is 28.5 Å². The molecule has 3 rings (SSSR count). The van der Waals surface area contributed by atoms with Gasteiger partial charge in [-0.1, -0.05) is 36.8 Å². The molecule has 1 aliphatic carbocycles. The number of carbonyl (C=O) groups is 1. The quantitative estimate of drug-likeness (QED) is 0.910. The molecule has 1 fully saturated rings. The summed E-state index contributed by atoms with van der Waals surface area (Å²) in [7, 11) is 0. The van der Waals surface area contributed by atoms with Gasteiger partial charge in [0.15, 0.2) is 0 Å². The molecule has 1 saturated carbocycles. The Balaban J connectivity index is 1.83. The Hall–Kier alpha value is -1.48. The zero-order chi connectivity index (χ0) is 13.2. The van der Waals surface area contributed by atoms with E-state index in [1.54, 1.807) is 11.8 Å². The van der Waals surface area contributed by atoms with Gasteiger partial charge in [-0.2, -0.15) is 0 Å². The smallest absolute Gasteiger partial charge is 0.307 e. The Morgan fingerprint density at radius 1 is 1.11 bits per heavy atom. The first-order valence-corrected chi connectivity index (χ1v) is 7.50. The molecule has 0 aliphatic heterocycles. The highest BCUT2D eigenvalue weighted by molar-refractivity contribution is 8.00. The minimum atomic E-state index is -0.643. The van der Waals surface area contributed by atoms with Gasteiger partial charge in [0.25, 0.3) is 0 Å². The molecule has 2 nitrogen and oxygen atoms in total. The number of aliphatic carboxylic acids is 1. The van der Waals surface area contributed by atoms with Crippen LogP contribution in [0.3, 0.4) is 0 Å². The van der Waals surface area contributed by atoms with Crippen molar-refractivity contribution in [3.63, 3.8) is 0 Å². The summed E-state index contributed by atoms with van der Waals surface area (Å²) in [5.74, 6) is -0.827. The minimum Gasteiger partial charge on any atom is -0.481 e. The van der Waals surface area contributed by atoms with Crippen molar-refractivity contribution in [3.8, 4) is 0 Å². The van der Waals surface area contributed by atoms with Gasteiger partial charge in [-0.15, -0.1) is 11.8 Å². The zero-order valence-corrected chi connectivity index (χ0v) is 11.4. The largest absolute Gasteiger partial charge is 0.481 e. The monoisotopic (exact) mass is 272 g/mol. The first-order valence-electron chi connectivity index (χ1n) is 6.62. The molecular weight excluding hydrogens is 256 g/mol. The fraction of sp³-hybridized carbons (Fsp3) is 0.312. The van der Waals surface area contributed by atoms with Crippen molar-refractivity contribution in [2.24, 2.45) is 5.92 Å². The van der Waals surface area contributed by atoms with Crippen LogP contribution in [0.5, 0.6) is 0 Å². The number of rotatable bonds is 3. The predicted octanol–water partition coefficient (Wildman–Crippen LogP) is 4.19. The highest BCUT2D eigenvalue weighted by Gasteiger charge is 2.33. The number of benzene rings is 2. The van der Waals surface area contributed by atoms with Gasteiger partial charge in [-0.3, -0.25) is 4.79 Å². The Morgan fingerprint density at radius 2 is 1.89 bits per heavy atom.